The van der Waals surface area contributed by atoms with Gasteiger partial charge >= 0.3 is 0 Å². The molecule has 3 rings (SSSR count). The summed E-state index contributed by atoms with van der Waals surface area (Å²) in [4.78, 5) is 4.27. The van der Waals surface area contributed by atoms with Crippen LogP contribution in [0.25, 0.3) is 16.9 Å². The lowest BCUT2D eigenvalue weighted by atomic mass is 10.1. The van der Waals surface area contributed by atoms with Gasteiger partial charge in [-0.3, -0.25) is 0 Å². The maximum atomic E-state index is 9.03. The molecule has 4 nitrogen and oxygen atoms in total. The Bertz CT molecular complexity index is 814. The van der Waals surface area contributed by atoms with E-state index >= 15 is 0 Å². The molecule has 92 valence electrons. The van der Waals surface area contributed by atoms with E-state index in [4.69, 9.17) is 16.9 Å². The predicted octanol–water partition coefficient (Wildman–Crippen LogP) is 3.23. The lowest BCUT2D eigenvalue weighted by molar-refractivity contribution is 0.937. The molecule has 19 heavy (non-hydrogen) atoms. The van der Waals surface area contributed by atoms with Gasteiger partial charge in [0.1, 0.15) is 11.6 Å². The van der Waals surface area contributed by atoms with E-state index in [-0.39, 0.29) is 0 Å². The second kappa shape index (κ2) is 4.38. The van der Waals surface area contributed by atoms with Crippen molar-refractivity contribution < 1.29 is 0 Å². The molecule has 5 heteroatoms. The minimum absolute atomic E-state index is 0.461. The molecular formula is C14H9ClN4. The molecule has 0 saturated heterocycles. The van der Waals surface area contributed by atoms with Crippen LogP contribution < -0.4 is 0 Å². The quantitative estimate of drug-likeness (QED) is 0.681. The van der Waals surface area contributed by atoms with E-state index in [1.807, 2.05) is 31.2 Å². The fourth-order valence-electron chi connectivity index (χ4n) is 2.08. The Morgan fingerprint density at radius 3 is 2.89 bits per heavy atom. The van der Waals surface area contributed by atoms with Gasteiger partial charge in [-0.05, 0) is 24.6 Å². The van der Waals surface area contributed by atoms with E-state index in [2.05, 4.69) is 16.2 Å². The summed E-state index contributed by atoms with van der Waals surface area (Å²) in [6, 6.07) is 9.63. The third-order valence-electron chi connectivity index (χ3n) is 2.93. The molecule has 0 amide bonds. The fourth-order valence-corrected chi connectivity index (χ4v) is 2.27. The molecule has 0 unspecified atom stereocenters. The van der Waals surface area contributed by atoms with Gasteiger partial charge in [0.25, 0.3) is 0 Å². The minimum Gasteiger partial charge on any atom is -0.236 e. The molecular weight excluding hydrogens is 260 g/mol. The second-order valence-electron chi connectivity index (χ2n) is 4.21. The van der Waals surface area contributed by atoms with Crippen molar-refractivity contribution in [3.63, 3.8) is 0 Å². The SMILES string of the molecule is Cc1cnc2c(C#N)cnn2c1-c1cccc(Cl)c1. The first-order valence-electron chi connectivity index (χ1n) is 5.70. The summed E-state index contributed by atoms with van der Waals surface area (Å²) in [6.45, 7) is 1.95. The van der Waals surface area contributed by atoms with Gasteiger partial charge in [0.05, 0.1) is 11.9 Å². The molecule has 0 fully saturated rings. The summed E-state index contributed by atoms with van der Waals surface area (Å²) in [5.41, 5.74) is 3.84. The maximum Gasteiger partial charge on any atom is 0.173 e. The van der Waals surface area contributed by atoms with Crippen molar-refractivity contribution in [2.24, 2.45) is 0 Å². The third-order valence-corrected chi connectivity index (χ3v) is 3.16. The zero-order valence-corrected chi connectivity index (χ0v) is 10.9. The summed E-state index contributed by atoms with van der Waals surface area (Å²) in [5.74, 6) is 0. The largest absolute Gasteiger partial charge is 0.236 e. The van der Waals surface area contributed by atoms with Crippen LogP contribution in [-0.2, 0) is 0 Å². The Balaban J connectivity index is 2.37. The molecule has 0 bridgehead atoms. The summed E-state index contributed by atoms with van der Waals surface area (Å²) in [7, 11) is 0. The van der Waals surface area contributed by atoms with E-state index in [0.29, 0.717) is 16.2 Å². The molecule has 0 aliphatic carbocycles. The first-order valence-corrected chi connectivity index (χ1v) is 6.08. The van der Waals surface area contributed by atoms with Crippen molar-refractivity contribution in [2.75, 3.05) is 0 Å². The number of hydrogen-bond acceptors (Lipinski definition) is 3. The van der Waals surface area contributed by atoms with Gasteiger partial charge in [0, 0.05) is 16.8 Å². The average molecular weight is 269 g/mol. The zero-order valence-electron chi connectivity index (χ0n) is 10.1. The van der Waals surface area contributed by atoms with Gasteiger partial charge in [-0.2, -0.15) is 10.4 Å². The number of nitrogens with zero attached hydrogens (tertiary/aromatic N) is 4. The Kier molecular flexibility index (Phi) is 2.69. The monoisotopic (exact) mass is 268 g/mol. The summed E-state index contributed by atoms with van der Waals surface area (Å²) >= 11 is 6.03. The standard InChI is InChI=1S/C14H9ClN4/c1-9-7-17-14-11(6-16)8-18-19(14)13(9)10-3-2-4-12(15)5-10/h2-5,7-8H,1H3. The van der Waals surface area contributed by atoms with Crippen LogP contribution in [0.15, 0.2) is 36.7 Å². The highest BCUT2D eigenvalue weighted by Crippen LogP contribution is 2.26. The van der Waals surface area contributed by atoms with Crippen LogP contribution in [0.4, 0.5) is 0 Å². The highest BCUT2D eigenvalue weighted by atomic mass is 35.5. The van der Waals surface area contributed by atoms with Gasteiger partial charge in [-0.25, -0.2) is 9.50 Å². The first-order chi connectivity index (χ1) is 9.20. The van der Waals surface area contributed by atoms with Crippen molar-refractivity contribution in [2.45, 2.75) is 6.92 Å². The molecule has 2 heterocycles. The summed E-state index contributed by atoms with van der Waals surface area (Å²) in [6.07, 6.45) is 3.27. The van der Waals surface area contributed by atoms with Crippen molar-refractivity contribution in [3.8, 4) is 17.3 Å². The van der Waals surface area contributed by atoms with Gasteiger partial charge < -0.3 is 0 Å². The average Bonchev–Trinajstić information content (AvgIpc) is 2.81. The van der Waals surface area contributed by atoms with Gasteiger partial charge in [-0.15, -0.1) is 0 Å². The number of rotatable bonds is 1. The van der Waals surface area contributed by atoms with Crippen LogP contribution in [0, 0.1) is 18.3 Å². The van der Waals surface area contributed by atoms with Crippen LogP contribution in [0.5, 0.6) is 0 Å². The highest BCUT2D eigenvalue weighted by molar-refractivity contribution is 6.30. The number of fused-ring (bicyclic) bond motifs is 1. The maximum absolute atomic E-state index is 9.03. The topological polar surface area (TPSA) is 54.0 Å². The second-order valence-corrected chi connectivity index (χ2v) is 4.64. The molecule has 0 N–H and O–H groups in total. The lowest BCUT2D eigenvalue weighted by Crippen LogP contribution is -1.99. The number of benzene rings is 1. The lowest BCUT2D eigenvalue weighted by Gasteiger charge is -2.08. The smallest absolute Gasteiger partial charge is 0.173 e. The van der Waals surface area contributed by atoms with Crippen LogP contribution in [0.3, 0.4) is 0 Å². The van der Waals surface area contributed by atoms with Gasteiger partial charge in [0.2, 0.25) is 0 Å². The number of halogens is 1. The fraction of sp³-hybridized carbons (Fsp3) is 0.0714. The Morgan fingerprint density at radius 2 is 2.16 bits per heavy atom. The van der Waals surface area contributed by atoms with Gasteiger partial charge in [-0.1, -0.05) is 23.7 Å². The van der Waals surface area contributed by atoms with Crippen molar-refractivity contribution in [3.05, 3.63) is 52.8 Å². The molecule has 0 aliphatic heterocycles. The first kappa shape index (κ1) is 11.7. The van der Waals surface area contributed by atoms with Crippen molar-refractivity contribution in [1.82, 2.24) is 14.6 Å². The third kappa shape index (κ3) is 1.85. The summed E-state index contributed by atoms with van der Waals surface area (Å²) < 4.78 is 1.68. The number of nitriles is 1. The molecule has 0 spiro atoms. The normalized spacial score (nSPS) is 10.6. The van der Waals surface area contributed by atoms with E-state index in [0.717, 1.165) is 16.8 Å². The Morgan fingerprint density at radius 1 is 1.32 bits per heavy atom. The minimum atomic E-state index is 0.461. The van der Waals surface area contributed by atoms with Gasteiger partial charge in [0.15, 0.2) is 5.65 Å². The molecule has 3 aromatic rings. The van der Waals surface area contributed by atoms with Crippen LogP contribution in [-0.4, -0.2) is 14.6 Å². The number of aryl methyl sites for hydroxylation is 1. The van der Waals surface area contributed by atoms with E-state index in [9.17, 15) is 0 Å². The van der Waals surface area contributed by atoms with E-state index < -0.39 is 0 Å². The molecule has 0 radical (unpaired) electrons. The number of hydrogen-bond donors (Lipinski definition) is 0. The van der Waals surface area contributed by atoms with Crippen molar-refractivity contribution >= 4 is 17.2 Å². The molecule has 2 aromatic heterocycles. The molecule has 1 aromatic carbocycles. The Hall–Kier alpha value is -2.38. The number of aromatic nitrogens is 3. The van der Waals surface area contributed by atoms with E-state index in [1.54, 1.807) is 10.7 Å². The molecule has 0 atom stereocenters. The van der Waals surface area contributed by atoms with E-state index in [1.165, 1.54) is 6.20 Å². The zero-order chi connectivity index (χ0) is 13.4. The van der Waals surface area contributed by atoms with Crippen LogP contribution in [0.1, 0.15) is 11.1 Å². The Labute approximate surface area is 114 Å². The predicted molar refractivity (Wildman–Crippen MR) is 72.9 cm³/mol. The van der Waals surface area contributed by atoms with Crippen molar-refractivity contribution in [1.29, 1.82) is 5.26 Å². The van der Waals surface area contributed by atoms with Crippen LogP contribution in [0.2, 0.25) is 5.02 Å². The molecule has 0 aliphatic rings. The summed E-state index contributed by atoms with van der Waals surface area (Å²) in [5, 5.41) is 13.9. The van der Waals surface area contributed by atoms with Crippen LogP contribution >= 0.6 is 11.6 Å². The highest BCUT2D eigenvalue weighted by Gasteiger charge is 2.12. The molecule has 0 saturated carbocycles.